The number of nitrogens with zero attached hydrogens (tertiary/aromatic N) is 2. The van der Waals surface area contributed by atoms with Crippen molar-refractivity contribution in [2.75, 3.05) is 6.61 Å². The first-order valence-electron chi connectivity index (χ1n) is 14.9. The molecule has 0 spiro atoms. The molecule has 6 heteroatoms. The van der Waals surface area contributed by atoms with E-state index in [0.29, 0.717) is 31.8 Å². The molecule has 0 radical (unpaired) electrons. The Balaban J connectivity index is 1.40. The molecule has 1 fully saturated rings. The Morgan fingerprint density at radius 3 is 2.13 bits per heavy atom. The van der Waals surface area contributed by atoms with Crippen LogP contribution in [0.1, 0.15) is 109 Å². The molecule has 1 aliphatic carbocycles. The second-order valence-corrected chi connectivity index (χ2v) is 11.1. The molecule has 5 nitrogen and oxygen atoms in total. The van der Waals surface area contributed by atoms with Gasteiger partial charge in [-0.2, -0.15) is 0 Å². The van der Waals surface area contributed by atoms with Crippen molar-refractivity contribution in [3.8, 4) is 17.1 Å². The first-order valence-corrected chi connectivity index (χ1v) is 14.9. The summed E-state index contributed by atoms with van der Waals surface area (Å²) in [5.74, 6) is 0.137. The monoisotopic (exact) mass is 526 g/mol. The van der Waals surface area contributed by atoms with Crippen LogP contribution in [0.3, 0.4) is 0 Å². The van der Waals surface area contributed by atoms with Crippen LogP contribution >= 0.6 is 0 Å². The smallest absolute Gasteiger partial charge is 0.341 e. The van der Waals surface area contributed by atoms with Gasteiger partial charge >= 0.3 is 5.97 Å². The minimum Gasteiger partial charge on any atom is -0.493 e. The molecule has 1 N–H and O–H groups in total. The lowest BCUT2D eigenvalue weighted by molar-refractivity contribution is -0.157. The summed E-state index contributed by atoms with van der Waals surface area (Å²) in [6.07, 6.45) is 18.4. The Morgan fingerprint density at radius 2 is 1.53 bits per heavy atom. The van der Waals surface area contributed by atoms with E-state index in [9.17, 15) is 9.90 Å². The summed E-state index contributed by atoms with van der Waals surface area (Å²) in [6.45, 7) is 4.78. The summed E-state index contributed by atoms with van der Waals surface area (Å²) in [5, 5.41) is 9.51. The molecule has 38 heavy (non-hydrogen) atoms. The van der Waals surface area contributed by atoms with Gasteiger partial charge in [-0.3, -0.25) is 0 Å². The number of aliphatic carboxylic acids is 1. The molecule has 1 aliphatic rings. The maximum atomic E-state index is 15.2. The molecule has 1 saturated carbocycles. The van der Waals surface area contributed by atoms with E-state index in [2.05, 4.69) is 16.9 Å². The highest BCUT2D eigenvalue weighted by Gasteiger charge is 2.46. The number of halogens is 1. The van der Waals surface area contributed by atoms with Crippen molar-refractivity contribution < 1.29 is 19.0 Å². The van der Waals surface area contributed by atoms with Crippen molar-refractivity contribution >= 4 is 5.97 Å². The fraction of sp³-hybridized carbons (Fsp3) is 0.656. The number of benzene rings is 1. The number of carboxylic acid groups (broad SMARTS) is 1. The summed E-state index contributed by atoms with van der Waals surface area (Å²) in [7, 11) is 0. The van der Waals surface area contributed by atoms with E-state index in [0.717, 1.165) is 42.8 Å². The van der Waals surface area contributed by atoms with Crippen molar-refractivity contribution in [3.05, 3.63) is 42.2 Å². The van der Waals surface area contributed by atoms with Crippen LogP contribution in [-0.4, -0.2) is 33.3 Å². The second-order valence-electron chi connectivity index (χ2n) is 11.1. The molecule has 0 amide bonds. The number of rotatable bonds is 17. The predicted octanol–water partition coefficient (Wildman–Crippen LogP) is 8.61. The fourth-order valence-corrected chi connectivity index (χ4v) is 5.54. The highest BCUT2D eigenvalue weighted by molar-refractivity contribution is 5.77. The number of carboxylic acids is 1. The molecule has 210 valence electrons. The number of hydrogen-bond donors (Lipinski definition) is 1. The van der Waals surface area contributed by atoms with Crippen LogP contribution in [0, 0.1) is 11.8 Å². The van der Waals surface area contributed by atoms with Gasteiger partial charge in [-0.1, -0.05) is 58.8 Å². The van der Waals surface area contributed by atoms with Crippen molar-refractivity contribution in [3.63, 3.8) is 0 Å². The highest BCUT2D eigenvalue weighted by atomic mass is 19.1. The van der Waals surface area contributed by atoms with E-state index in [1.807, 2.05) is 43.6 Å². The zero-order valence-corrected chi connectivity index (χ0v) is 23.5. The predicted molar refractivity (Wildman–Crippen MR) is 151 cm³/mol. The van der Waals surface area contributed by atoms with Gasteiger partial charge in [-0.15, -0.1) is 0 Å². The van der Waals surface area contributed by atoms with Crippen molar-refractivity contribution in [2.24, 2.45) is 11.8 Å². The third-order valence-electron chi connectivity index (χ3n) is 8.12. The maximum Gasteiger partial charge on any atom is 0.341 e. The molecule has 2 aromatic rings. The van der Waals surface area contributed by atoms with Gasteiger partial charge in [0.25, 0.3) is 0 Å². The molecule has 3 rings (SSSR count). The summed E-state index contributed by atoms with van der Waals surface area (Å²) >= 11 is 0. The zero-order chi connectivity index (χ0) is 27.2. The first kappa shape index (κ1) is 30.0. The average Bonchev–Trinajstić information content (AvgIpc) is 2.95. The van der Waals surface area contributed by atoms with Crippen LogP contribution < -0.4 is 4.74 Å². The van der Waals surface area contributed by atoms with Gasteiger partial charge in [-0.25, -0.2) is 19.2 Å². The second kappa shape index (κ2) is 15.8. The Bertz CT molecular complexity index is 942. The van der Waals surface area contributed by atoms with Crippen LogP contribution in [0.4, 0.5) is 4.39 Å². The van der Waals surface area contributed by atoms with Crippen LogP contribution in [0.2, 0.25) is 0 Å². The van der Waals surface area contributed by atoms with Gasteiger partial charge in [0.05, 0.1) is 6.61 Å². The number of alkyl halides is 1. The summed E-state index contributed by atoms with van der Waals surface area (Å²) in [4.78, 5) is 20.8. The van der Waals surface area contributed by atoms with E-state index in [4.69, 9.17) is 4.74 Å². The minimum absolute atomic E-state index is 0.114. The van der Waals surface area contributed by atoms with Gasteiger partial charge in [0.15, 0.2) is 5.82 Å². The molecule has 1 aromatic carbocycles. The maximum absolute atomic E-state index is 15.2. The normalized spacial score (nSPS) is 19.1. The van der Waals surface area contributed by atoms with E-state index < -0.39 is 17.6 Å². The third-order valence-corrected chi connectivity index (χ3v) is 8.12. The van der Waals surface area contributed by atoms with Crippen LogP contribution in [0.25, 0.3) is 11.4 Å². The van der Waals surface area contributed by atoms with Gasteiger partial charge in [0, 0.05) is 23.9 Å². The zero-order valence-electron chi connectivity index (χ0n) is 23.5. The molecule has 0 unspecified atom stereocenters. The van der Waals surface area contributed by atoms with Gasteiger partial charge in [-0.05, 0) is 87.1 Å². The van der Waals surface area contributed by atoms with Crippen LogP contribution in [0.15, 0.2) is 36.7 Å². The number of aromatic nitrogens is 2. The Kier molecular flexibility index (Phi) is 12.5. The molecule has 1 aromatic heterocycles. The number of hydrogen-bond acceptors (Lipinski definition) is 4. The standard InChI is InChI=1S/C32H47FN2O3/c1-3-5-7-8-9-10-11-12-26-22-34-30(35-23-26)27-15-19-29(20-16-27)38-24-25-13-17-28(18-14-25)32(33,31(36)37)21-6-4-2/h15-16,19-20,22-23,25,28H,3-14,17-18,21,24H2,1-2H3,(H,36,37)/t25-,28-,32-/m0/s1. The van der Waals surface area contributed by atoms with E-state index in [1.54, 1.807) is 0 Å². The molecule has 1 atom stereocenters. The van der Waals surface area contributed by atoms with Crippen molar-refractivity contribution in [1.82, 2.24) is 9.97 Å². The Morgan fingerprint density at radius 1 is 0.921 bits per heavy atom. The summed E-state index contributed by atoms with van der Waals surface area (Å²) in [5.41, 5.74) is 0.0577. The summed E-state index contributed by atoms with van der Waals surface area (Å²) < 4.78 is 21.3. The quantitative estimate of drug-likeness (QED) is 0.209. The minimum atomic E-state index is -2.09. The lowest BCUT2D eigenvalue weighted by Gasteiger charge is -2.35. The van der Waals surface area contributed by atoms with Crippen molar-refractivity contribution in [1.29, 1.82) is 0 Å². The fourth-order valence-electron chi connectivity index (χ4n) is 5.54. The Labute approximate surface area is 228 Å². The molecular formula is C32H47FN2O3. The summed E-state index contributed by atoms with van der Waals surface area (Å²) in [6, 6.07) is 7.85. The molecule has 1 heterocycles. The number of carbonyl (C=O) groups is 1. The van der Waals surface area contributed by atoms with Gasteiger partial charge in [0.1, 0.15) is 5.75 Å². The van der Waals surface area contributed by atoms with Crippen LogP contribution in [0.5, 0.6) is 5.75 Å². The topological polar surface area (TPSA) is 72.3 Å². The largest absolute Gasteiger partial charge is 0.493 e. The van der Waals surface area contributed by atoms with E-state index in [1.165, 1.54) is 50.5 Å². The Hall–Kier alpha value is -2.50. The number of aryl methyl sites for hydroxylation is 1. The average molecular weight is 527 g/mol. The third kappa shape index (κ3) is 9.06. The highest BCUT2D eigenvalue weighted by Crippen LogP contribution is 2.41. The van der Waals surface area contributed by atoms with E-state index >= 15 is 4.39 Å². The number of unbranched alkanes of at least 4 members (excludes halogenated alkanes) is 7. The van der Waals surface area contributed by atoms with Crippen molar-refractivity contribution in [2.45, 2.75) is 116 Å². The first-order chi connectivity index (χ1) is 18.5. The van der Waals surface area contributed by atoms with Gasteiger partial charge in [0.2, 0.25) is 5.67 Å². The molecule has 0 bridgehead atoms. The molecule has 0 saturated heterocycles. The molecule has 0 aliphatic heterocycles. The lowest BCUT2D eigenvalue weighted by atomic mass is 9.72. The SMILES string of the molecule is CCCCCCCCCc1cnc(-c2ccc(OC[C@H]3CC[C@H]([C@@](F)(CCCC)C(=O)O)CC3)cc2)nc1. The van der Waals surface area contributed by atoms with Gasteiger partial charge < -0.3 is 9.84 Å². The van der Waals surface area contributed by atoms with E-state index in [-0.39, 0.29) is 6.42 Å². The van der Waals surface area contributed by atoms with Crippen LogP contribution in [-0.2, 0) is 11.2 Å². The number of ether oxygens (including phenoxy) is 1. The molecular weight excluding hydrogens is 479 g/mol. The lowest BCUT2D eigenvalue weighted by Crippen LogP contribution is -2.43.